The first-order valence-electron chi connectivity index (χ1n) is 5.79. The zero-order valence-corrected chi connectivity index (χ0v) is 9.29. The van der Waals surface area contributed by atoms with E-state index in [0.29, 0.717) is 0 Å². The fraction of sp³-hybridized carbons (Fsp3) is 0.545. The Bertz CT molecular complexity index is 369. The number of hydrogen-bond acceptors (Lipinski definition) is 4. The largest absolute Gasteiger partial charge is 0.237 e. The molecule has 4 aliphatic heterocycles. The van der Waals surface area contributed by atoms with E-state index in [9.17, 15) is 0 Å². The molecule has 0 saturated carbocycles. The molecule has 0 unspecified atom stereocenters. The van der Waals surface area contributed by atoms with Gasteiger partial charge in [0.15, 0.2) is 0 Å². The van der Waals surface area contributed by atoms with Crippen molar-refractivity contribution in [2.24, 2.45) is 0 Å². The maximum atomic E-state index is 4.56. The van der Waals surface area contributed by atoms with Crippen LogP contribution in [0.2, 0.25) is 0 Å². The molecule has 5 rings (SSSR count). The quantitative estimate of drug-likeness (QED) is 0.623. The first-order chi connectivity index (χ1) is 7.84. The summed E-state index contributed by atoms with van der Waals surface area (Å²) in [5.74, 6) is 1.21. The third-order valence-corrected chi connectivity index (χ3v) is 3.75. The third-order valence-electron chi connectivity index (χ3n) is 3.75. The average molecular weight is 218 g/mol. The maximum Gasteiger partial charge on any atom is 0.230 e. The SMILES string of the molecule is c1ccc([N+]23CN4CN(CN(C4)C2)C3)nc1. The molecule has 1 aromatic heterocycles. The van der Waals surface area contributed by atoms with Crippen molar-refractivity contribution in [3.05, 3.63) is 24.4 Å². The molecule has 4 saturated heterocycles. The Hall–Kier alpha value is -1.01. The Morgan fingerprint density at radius 3 is 2.06 bits per heavy atom. The van der Waals surface area contributed by atoms with Gasteiger partial charge in [-0.25, -0.2) is 24.2 Å². The van der Waals surface area contributed by atoms with Crippen molar-refractivity contribution in [3.8, 4) is 0 Å². The molecule has 4 fully saturated rings. The van der Waals surface area contributed by atoms with Crippen LogP contribution in [0.15, 0.2) is 24.4 Å². The van der Waals surface area contributed by atoms with Crippen molar-refractivity contribution in [1.29, 1.82) is 0 Å². The Morgan fingerprint density at radius 1 is 0.938 bits per heavy atom. The number of aromatic nitrogens is 1. The van der Waals surface area contributed by atoms with E-state index in [-0.39, 0.29) is 0 Å². The molecule has 0 aromatic carbocycles. The minimum absolute atomic E-state index is 0.987. The van der Waals surface area contributed by atoms with Crippen LogP contribution in [-0.4, -0.2) is 59.7 Å². The lowest BCUT2D eigenvalue weighted by Crippen LogP contribution is -2.80. The standard InChI is InChI=1S/C11H16N5/c1-2-4-12-11(3-1)16-8-13-5-14(9-16)7-15(6-13)10-16/h1-4H,5-10H2/q+1. The molecule has 0 spiro atoms. The topological polar surface area (TPSA) is 22.6 Å². The molecule has 4 bridgehead atoms. The van der Waals surface area contributed by atoms with Gasteiger partial charge in [0.1, 0.15) is 20.0 Å². The van der Waals surface area contributed by atoms with E-state index in [1.54, 1.807) is 0 Å². The molecule has 4 aliphatic rings. The molecule has 5 heteroatoms. The third kappa shape index (κ3) is 1.17. The van der Waals surface area contributed by atoms with E-state index in [0.717, 1.165) is 44.5 Å². The lowest BCUT2D eigenvalue weighted by atomic mass is 10.2. The van der Waals surface area contributed by atoms with Gasteiger partial charge in [-0.15, -0.1) is 0 Å². The summed E-state index contributed by atoms with van der Waals surface area (Å²) in [6.45, 7) is 6.73. The predicted molar refractivity (Wildman–Crippen MR) is 60.8 cm³/mol. The number of hydrogen-bond donors (Lipinski definition) is 0. The molecule has 0 amide bonds. The number of pyridine rings is 1. The van der Waals surface area contributed by atoms with E-state index >= 15 is 0 Å². The summed E-state index contributed by atoms with van der Waals surface area (Å²) in [7, 11) is 0. The van der Waals surface area contributed by atoms with Gasteiger partial charge in [-0.3, -0.25) is 0 Å². The van der Waals surface area contributed by atoms with E-state index in [4.69, 9.17) is 0 Å². The van der Waals surface area contributed by atoms with Crippen LogP contribution in [-0.2, 0) is 0 Å². The summed E-state index contributed by atoms with van der Waals surface area (Å²) in [5.41, 5.74) is 0. The molecule has 0 aliphatic carbocycles. The van der Waals surface area contributed by atoms with Gasteiger partial charge < -0.3 is 0 Å². The minimum Gasteiger partial charge on any atom is -0.237 e. The highest BCUT2D eigenvalue weighted by Crippen LogP contribution is 2.32. The van der Waals surface area contributed by atoms with Crippen LogP contribution in [0.5, 0.6) is 0 Å². The van der Waals surface area contributed by atoms with E-state index in [1.807, 2.05) is 12.3 Å². The minimum atomic E-state index is 0.987. The zero-order valence-electron chi connectivity index (χ0n) is 9.29. The molecule has 5 nitrogen and oxygen atoms in total. The molecular formula is C11H16N5+. The van der Waals surface area contributed by atoms with Crippen molar-refractivity contribution in [2.45, 2.75) is 0 Å². The first kappa shape index (κ1) is 9.07. The van der Waals surface area contributed by atoms with Crippen molar-refractivity contribution in [2.75, 3.05) is 40.0 Å². The second-order valence-corrected chi connectivity index (χ2v) is 5.19. The number of quaternary nitrogens is 1. The van der Waals surface area contributed by atoms with Gasteiger partial charge in [0, 0.05) is 12.3 Å². The summed E-state index contributed by atoms with van der Waals surface area (Å²) >= 11 is 0. The molecular weight excluding hydrogens is 202 g/mol. The van der Waals surface area contributed by atoms with Gasteiger partial charge >= 0.3 is 0 Å². The van der Waals surface area contributed by atoms with Gasteiger partial charge in [0.25, 0.3) is 0 Å². The highest BCUT2D eigenvalue weighted by atomic mass is 15.7. The highest BCUT2D eigenvalue weighted by Gasteiger charge is 2.50. The van der Waals surface area contributed by atoms with Crippen molar-refractivity contribution >= 4 is 5.82 Å². The van der Waals surface area contributed by atoms with Crippen LogP contribution >= 0.6 is 0 Å². The monoisotopic (exact) mass is 218 g/mol. The van der Waals surface area contributed by atoms with Crippen molar-refractivity contribution < 1.29 is 0 Å². The molecule has 0 radical (unpaired) electrons. The van der Waals surface area contributed by atoms with Gasteiger partial charge in [-0.1, -0.05) is 6.07 Å². The fourth-order valence-electron chi connectivity index (χ4n) is 3.39. The number of nitrogens with zero attached hydrogens (tertiary/aromatic N) is 5. The number of rotatable bonds is 1. The van der Waals surface area contributed by atoms with Crippen LogP contribution in [0.3, 0.4) is 0 Å². The van der Waals surface area contributed by atoms with Gasteiger partial charge in [0.05, 0.1) is 20.0 Å². The molecule has 0 N–H and O–H groups in total. The first-order valence-corrected chi connectivity index (χ1v) is 5.79. The Kier molecular flexibility index (Phi) is 1.71. The van der Waals surface area contributed by atoms with E-state index in [1.165, 1.54) is 5.82 Å². The van der Waals surface area contributed by atoms with Crippen LogP contribution < -0.4 is 4.48 Å². The second-order valence-electron chi connectivity index (χ2n) is 5.19. The Morgan fingerprint density at radius 2 is 1.56 bits per heavy atom. The molecule has 1 aromatic rings. The van der Waals surface area contributed by atoms with Crippen LogP contribution in [0.25, 0.3) is 0 Å². The van der Waals surface area contributed by atoms with Crippen LogP contribution in [0, 0.1) is 0 Å². The average Bonchev–Trinajstić information content (AvgIpc) is 2.28. The Balaban J connectivity index is 1.77. The summed E-state index contributed by atoms with van der Waals surface area (Å²) in [4.78, 5) is 12.1. The van der Waals surface area contributed by atoms with Gasteiger partial charge in [0.2, 0.25) is 5.82 Å². The normalized spacial score (nSPS) is 44.9. The Labute approximate surface area is 95.1 Å². The van der Waals surface area contributed by atoms with Crippen molar-refractivity contribution in [1.82, 2.24) is 24.2 Å². The lowest BCUT2D eigenvalue weighted by Gasteiger charge is -2.59. The van der Waals surface area contributed by atoms with Gasteiger partial charge in [-0.2, -0.15) is 0 Å². The molecule has 0 atom stereocenters. The van der Waals surface area contributed by atoms with E-state index < -0.39 is 0 Å². The summed E-state index contributed by atoms with van der Waals surface area (Å²) < 4.78 is 0.987. The van der Waals surface area contributed by atoms with E-state index in [2.05, 4.69) is 31.8 Å². The molecule has 5 heterocycles. The predicted octanol–water partition coefficient (Wildman–Crippen LogP) is 0.0807. The van der Waals surface area contributed by atoms with Gasteiger partial charge in [-0.05, 0) is 6.07 Å². The smallest absolute Gasteiger partial charge is 0.230 e. The highest BCUT2D eigenvalue weighted by molar-refractivity contribution is 5.34. The summed E-state index contributed by atoms with van der Waals surface area (Å²) in [6.07, 6.45) is 1.91. The fourth-order valence-corrected chi connectivity index (χ4v) is 3.39. The summed E-state index contributed by atoms with van der Waals surface area (Å²) in [6, 6.07) is 6.25. The zero-order chi connectivity index (χ0) is 10.6. The molecule has 84 valence electrons. The molecule has 16 heavy (non-hydrogen) atoms. The maximum absolute atomic E-state index is 4.56. The second kappa shape index (κ2) is 3.01. The van der Waals surface area contributed by atoms with Crippen molar-refractivity contribution in [3.63, 3.8) is 0 Å². The van der Waals surface area contributed by atoms with Crippen LogP contribution in [0.1, 0.15) is 0 Å². The summed E-state index contributed by atoms with van der Waals surface area (Å²) in [5, 5.41) is 0. The lowest BCUT2D eigenvalue weighted by molar-refractivity contribution is -0.190. The van der Waals surface area contributed by atoms with Crippen LogP contribution in [0.4, 0.5) is 5.82 Å².